The summed E-state index contributed by atoms with van der Waals surface area (Å²) in [4.78, 5) is 28.7. The van der Waals surface area contributed by atoms with Crippen molar-refractivity contribution in [3.63, 3.8) is 0 Å². The van der Waals surface area contributed by atoms with E-state index in [4.69, 9.17) is 4.74 Å². The number of benzene rings is 1. The standard InChI is InChI=1S/C20H19FN4O2S/c1-12-19(28-13(2)23-12)20(26)25-9-3-4-17(25)16-10-22-11-18(24-16)27-15-7-5-14(21)6-8-15/h5-8,10-11,17H,3-4,9H2,1-2H3/t17-/m0/s1. The van der Waals surface area contributed by atoms with Crippen LogP contribution < -0.4 is 4.74 Å². The predicted molar refractivity (Wildman–Crippen MR) is 103 cm³/mol. The molecular weight excluding hydrogens is 379 g/mol. The van der Waals surface area contributed by atoms with Crippen molar-refractivity contribution < 1.29 is 13.9 Å². The minimum absolute atomic E-state index is 0.0164. The lowest BCUT2D eigenvalue weighted by Crippen LogP contribution is -2.31. The number of aryl methyl sites for hydroxylation is 2. The molecule has 1 amide bonds. The van der Waals surface area contributed by atoms with Gasteiger partial charge in [-0.3, -0.25) is 9.78 Å². The monoisotopic (exact) mass is 398 g/mol. The number of hydrogen-bond acceptors (Lipinski definition) is 6. The largest absolute Gasteiger partial charge is 0.437 e. The summed E-state index contributed by atoms with van der Waals surface area (Å²) < 4.78 is 18.7. The Labute approximate surface area is 166 Å². The van der Waals surface area contributed by atoms with E-state index in [-0.39, 0.29) is 17.8 Å². The van der Waals surface area contributed by atoms with Gasteiger partial charge in [0, 0.05) is 6.54 Å². The van der Waals surface area contributed by atoms with Gasteiger partial charge in [0.05, 0.1) is 34.8 Å². The molecule has 0 radical (unpaired) electrons. The normalized spacial score (nSPS) is 16.4. The third kappa shape index (κ3) is 3.73. The van der Waals surface area contributed by atoms with Gasteiger partial charge in [0.2, 0.25) is 5.88 Å². The molecule has 1 aliphatic rings. The summed E-state index contributed by atoms with van der Waals surface area (Å²) in [6.07, 6.45) is 4.89. The van der Waals surface area contributed by atoms with Crippen molar-refractivity contribution in [1.29, 1.82) is 0 Å². The first-order chi connectivity index (χ1) is 13.5. The molecule has 2 aromatic heterocycles. The van der Waals surface area contributed by atoms with Gasteiger partial charge in [-0.05, 0) is 51.0 Å². The van der Waals surface area contributed by atoms with E-state index in [1.54, 1.807) is 6.20 Å². The zero-order valence-corrected chi connectivity index (χ0v) is 16.4. The molecule has 144 valence electrons. The van der Waals surface area contributed by atoms with E-state index < -0.39 is 0 Å². The van der Waals surface area contributed by atoms with Gasteiger partial charge in [-0.1, -0.05) is 0 Å². The second-order valence-corrected chi connectivity index (χ2v) is 7.85. The van der Waals surface area contributed by atoms with Crippen LogP contribution in [0.25, 0.3) is 0 Å². The van der Waals surface area contributed by atoms with Crippen LogP contribution in [0, 0.1) is 19.7 Å². The zero-order chi connectivity index (χ0) is 19.7. The Kier molecular flexibility index (Phi) is 5.04. The van der Waals surface area contributed by atoms with Crippen LogP contribution in [0.15, 0.2) is 36.7 Å². The summed E-state index contributed by atoms with van der Waals surface area (Å²) in [5, 5.41) is 0.881. The number of likely N-dealkylation sites (tertiary alicyclic amines) is 1. The molecule has 3 heterocycles. The molecule has 28 heavy (non-hydrogen) atoms. The molecule has 0 saturated carbocycles. The van der Waals surface area contributed by atoms with Gasteiger partial charge in [0.1, 0.15) is 16.4 Å². The Bertz CT molecular complexity index is 1010. The topological polar surface area (TPSA) is 68.2 Å². The van der Waals surface area contributed by atoms with Crippen molar-refractivity contribution in [3.05, 3.63) is 63.7 Å². The molecule has 1 aromatic carbocycles. The number of carbonyl (C=O) groups is 1. The number of nitrogens with zero attached hydrogens (tertiary/aromatic N) is 4. The van der Waals surface area contributed by atoms with Crippen molar-refractivity contribution in [1.82, 2.24) is 19.9 Å². The summed E-state index contributed by atoms with van der Waals surface area (Å²) in [5.74, 6) is 0.439. The van der Waals surface area contributed by atoms with Crippen LogP contribution in [-0.2, 0) is 0 Å². The van der Waals surface area contributed by atoms with Gasteiger partial charge in [-0.2, -0.15) is 0 Å². The van der Waals surface area contributed by atoms with Crippen molar-refractivity contribution >= 4 is 17.2 Å². The number of ether oxygens (including phenoxy) is 1. The lowest BCUT2D eigenvalue weighted by atomic mass is 10.1. The summed E-state index contributed by atoms with van der Waals surface area (Å²) >= 11 is 1.42. The van der Waals surface area contributed by atoms with Gasteiger partial charge < -0.3 is 9.64 Å². The highest BCUT2D eigenvalue weighted by atomic mass is 32.1. The van der Waals surface area contributed by atoms with Crippen LogP contribution in [-0.4, -0.2) is 32.3 Å². The molecule has 3 aromatic rings. The first-order valence-electron chi connectivity index (χ1n) is 9.01. The van der Waals surface area contributed by atoms with Crippen molar-refractivity contribution in [2.45, 2.75) is 32.7 Å². The Balaban J connectivity index is 1.56. The van der Waals surface area contributed by atoms with Gasteiger partial charge in [0.15, 0.2) is 0 Å². The number of aromatic nitrogens is 3. The lowest BCUT2D eigenvalue weighted by molar-refractivity contribution is 0.0736. The Morgan fingerprint density at radius 3 is 2.71 bits per heavy atom. The molecule has 0 N–H and O–H groups in total. The van der Waals surface area contributed by atoms with Crippen LogP contribution in [0.4, 0.5) is 4.39 Å². The van der Waals surface area contributed by atoms with Crippen molar-refractivity contribution in [3.8, 4) is 11.6 Å². The smallest absolute Gasteiger partial charge is 0.266 e. The highest BCUT2D eigenvalue weighted by Crippen LogP contribution is 2.34. The van der Waals surface area contributed by atoms with E-state index in [1.165, 1.54) is 41.8 Å². The van der Waals surface area contributed by atoms with E-state index in [9.17, 15) is 9.18 Å². The number of hydrogen-bond donors (Lipinski definition) is 0. The molecule has 0 bridgehead atoms. The highest BCUT2D eigenvalue weighted by molar-refractivity contribution is 7.13. The molecule has 4 rings (SSSR count). The quantitative estimate of drug-likeness (QED) is 0.649. The third-order valence-electron chi connectivity index (χ3n) is 4.62. The fourth-order valence-corrected chi connectivity index (χ4v) is 4.25. The maximum absolute atomic E-state index is 13.1. The molecule has 0 spiro atoms. The molecule has 1 atom stereocenters. The highest BCUT2D eigenvalue weighted by Gasteiger charge is 2.33. The van der Waals surface area contributed by atoms with E-state index in [2.05, 4.69) is 15.0 Å². The van der Waals surface area contributed by atoms with Crippen molar-refractivity contribution in [2.24, 2.45) is 0 Å². The minimum atomic E-state index is -0.333. The molecule has 8 heteroatoms. The SMILES string of the molecule is Cc1nc(C)c(C(=O)N2CCC[C@H]2c2cncc(Oc3ccc(F)cc3)n2)s1. The minimum Gasteiger partial charge on any atom is -0.437 e. The van der Waals surface area contributed by atoms with Gasteiger partial charge in [0.25, 0.3) is 5.91 Å². The summed E-state index contributed by atoms with van der Waals surface area (Å²) in [6, 6.07) is 5.55. The fourth-order valence-electron chi connectivity index (χ4n) is 3.37. The van der Waals surface area contributed by atoms with Gasteiger partial charge in [-0.25, -0.2) is 14.4 Å². The number of halogens is 1. The Morgan fingerprint density at radius 2 is 2.00 bits per heavy atom. The van der Waals surface area contributed by atoms with Crippen LogP contribution in [0.2, 0.25) is 0 Å². The van der Waals surface area contributed by atoms with Crippen LogP contribution in [0.1, 0.15) is 45.0 Å². The fraction of sp³-hybridized carbons (Fsp3) is 0.300. The Morgan fingerprint density at radius 1 is 1.21 bits per heavy atom. The van der Waals surface area contributed by atoms with Crippen LogP contribution in [0.5, 0.6) is 11.6 Å². The molecule has 1 saturated heterocycles. The number of rotatable bonds is 4. The first-order valence-corrected chi connectivity index (χ1v) is 9.83. The van der Waals surface area contributed by atoms with Crippen LogP contribution >= 0.6 is 11.3 Å². The second kappa shape index (κ2) is 7.63. The number of thiazole rings is 1. The number of amides is 1. The maximum Gasteiger partial charge on any atom is 0.266 e. The molecule has 1 aliphatic heterocycles. The van der Waals surface area contributed by atoms with Gasteiger partial charge >= 0.3 is 0 Å². The second-order valence-electron chi connectivity index (χ2n) is 6.64. The van der Waals surface area contributed by atoms with E-state index >= 15 is 0 Å². The predicted octanol–water partition coefficient (Wildman–Crippen LogP) is 4.46. The average Bonchev–Trinajstić information content (AvgIpc) is 3.30. The molecule has 0 unspecified atom stereocenters. The first kappa shape index (κ1) is 18.5. The van der Waals surface area contributed by atoms with Gasteiger partial charge in [-0.15, -0.1) is 11.3 Å². The van der Waals surface area contributed by atoms with E-state index in [0.717, 1.165) is 23.5 Å². The lowest BCUT2D eigenvalue weighted by Gasteiger charge is -2.24. The summed E-state index contributed by atoms with van der Waals surface area (Å²) in [5.41, 5.74) is 1.45. The van der Waals surface area contributed by atoms with E-state index in [1.807, 2.05) is 18.7 Å². The van der Waals surface area contributed by atoms with Crippen LogP contribution in [0.3, 0.4) is 0 Å². The molecular formula is C20H19FN4O2S. The third-order valence-corrected chi connectivity index (χ3v) is 5.68. The zero-order valence-electron chi connectivity index (χ0n) is 15.6. The maximum atomic E-state index is 13.1. The summed E-state index contributed by atoms with van der Waals surface area (Å²) in [7, 11) is 0. The molecule has 0 aliphatic carbocycles. The van der Waals surface area contributed by atoms with E-state index in [0.29, 0.717) is 28.7 Å². The average molecular weight is 398 g/mol. The Hall–Kier alpha value is -2.87. The molecule has 6 nitrogen and oxygen atoms in total. The van der Waals surface area contributed by atoms with Crippen molar-refractivity contribution in [2.75, 3.05) is 6.54 Å². The molecule has 1 fully saturated rings. The summed E-state index contributed by atoms with van der Waals surface area (Å²) in [6.45, 7) is 4.43. The number of carbonyl (C=O) groups excluding carboxylic acids is 1.